The minimum absolute atomic E-state index is 0.0553. The molecule has 0 aliphatic carbocycles. The summed E-state index contributed by atoms with van der Waals surface area (Å²) in [6, 6.07) is 17.6. The standard InChI is InChI=1S/C24H18N4O3/c1-14(22(26)29)12-28-13-21-19(24(28)31)8-7-16-5-6-17(10-20(16)21)23(30)27-18-4-2-3-15(9-18)11-25/h2-10H,1,12-13H2,(H2,26,29)(H,27,30). The molecule has 0 radical (unpaired) electrons. The lowest BCUT2D eigenvalue weighted by molar-refractivity contribution is -0.114. The van der Waals surface area contributed by atoms with Crippen molar-refractivity contribution in [1.82, 2.24) is 4.90 Å². The van der Waals surface area contributed by atoms with E-state index in [1.165, 1.54) is 4.90 Å². The van der Waals surface area contributed by atoms with Gasteiger partial charge in [-0.1, -0.05) is 24.8 Å². The summed E-state index contributed by atoms with van der Waals surface area (Å²) in [4.78, 5) is 38.3. The van der Waals surface area contributed by atoms with Gasteiger partial charge in [-0.3, -0.25) is 14.4 Å². The zero-order valence-corrected chi connectivity index (χ0v) is 16.5. The van der Waals surface area contributed by atoms with Crippen LogP contribution in [0.15, 0.2) is 66.7 Å². The van der Waals surface area contributed by atoms with E-state index >= 15 is 0 Å². The number of amides is 3. The van der Waals surface area contributed by atoms with Crippen LogP contribution in [-0.2, 0) is 11.3 Å². The second kappa shape index (κ2) is 7.76. The number of primary amides is 1. The first-order valence-corrected chi connectivity index (χ1v) is 9.51. The first-order chi connectivity index (χ1) is 14.9. The minimum atomic E-state index is -0.645. The van der Waals surface area contributed by atoms with Crippen LogP contribution in [0.5, 0.6) is 0 Å². The maximum Gasteiger partial charge on any atom is 0.255 e. The Morgan fingerprint density at radius 1 is 1.16 bits per heavy atom. The van der Waals surface area contributed by atoms with Crippen LogP contribution in [0, 0.1) is 11.3 Å². The highest BCUT2D eigenvalue weighted by Gasteiger charge is 2.29. The van der Waals surface area contributed by atoms with Crippen LogP contribution in [-0.4, -0.2) is 29.2 Å². The first kappa shape index (κ1) is 19.9. The van der Waals surface area contributed by atoms with Crippen molar-refractivity contribution in [1.29, 1.82) is 5.26 Å². The van der Waals surface area contributed by atoms with E-state index in [-0.39, 0.29) is 23.9 Å². The zero-order valence-electron chi connectivity index (χ0n) is 16.5. The minimum Gasteiger partial charge on any atom is -0.366 e. The molecule has 0 saturated heterocycles. The van der Waals surface area contributed by atoms with Crippen LogP contribution >= 0.6 is 0 Å². The number of anilines is 1. The van der Waals surface area contributed by atoms with Crippen molar-refractivity contribution in [3.63, 3.8) is 0 Å². The van der Waals surface area contributed by atoms with Gasteiger partial charge in [0.25, 0.3) is 11.8 Å². The Bertz CT molecular complexity index is 1320. The molecule has 152 valence electrons. The van der Waals surface area contributed by atoms with Crippen LogP contribution in [0.25, 0.3) is 10.8 Å². The molecule has 0 fully saturated rings. The SMILES string of the molecule is C=C(CN1Cc2c(ccc3ccc(C(=O)Nc4cccc(C#N)c4)cc23)C1=O)C(N)=O. The van der Waals surface area contributed by atoms with Crippen LogP contribution < -0.4 is 11.1 Å². The number of fused-ring (bicyclic) bond motifs is 3. The summed E-state index contributed by atoms with van der Waals surface area (Å²) in [5.74, 6) is -1.17. The molecule has 0 spiro atoms. The van der Waals surface area contributed by atoms with Gasteiger partial charge in [0.05, 0.1) is 18.2 Å². The topological polar surface area (TPSA) is 116 Å². The van der Waals surface area contributed by atoms with Crippen molar-refractivity contribution in [2.75, 3.05) is 11.9 Å². The number of benzene rings is 3. The van der Waals surface area contributed by atoms with E-state index in [1.54, 1.807) is 42.5 Å². The molecular formula is C24H18N4O3. The van der Waals surface area contributed by atoms with Gasteiger partial charge < -0.3 is 16.0 Å². The van der Waals surface area contributed by atoms with Crippen LogP contribution in [0.2, 0.25) is 0 Å². The van der Waals surface area contributed by atoms with Gasteiger partial charge in [0.1, 0.15) is 0 Å². The number of nitrogens with two attached hydrogens (primary N) is 1. The summed E-state index contributed by atoms with van der Waals surface area (Å²) in [6.45, 7) is 3.98. The quantitative estimate of drug-likeness (QED) is 0.629. The predicted octanol–water partition coefficient (Wildman–Crippen LogP) is 2.96. The molecule has 3 aromatic carbocycles. The fraction of sp³-hybridized carbons (Fsp3) is 0.0833. The fourth-order valence-corrected chi connectivity index (χ4v) is 3.63. The number of nitriles is 1. The summed E-state index contributed by atoms with van der Waals surface area (Å²) in [5.41, 5.74) is 8.13. The number of carbonyl (C=O) groups excluding carboxylic acids is 3. The number of hydrogen-bond donors (Lipinski definition) is 2. The van der Waals surface area contributed by atoms with Gasteiger partial charge in [0.2, 0.25) is 5.91 Å². The summed E-state index contributed by atoms with van der Waals surface area (Å²) in [6.07, 6.45) is 0. The maximum absolute atomic E-state index is 12.8. The molecule has 1 heterocycles. The number of hydrogen-bond acceptors (Lipinski definition) is 4. The average molecular weight is 410 g/mol. The number of carbonyl (C=O) groups is 3. The van der Waals surface area contributed by atoms with E-state index in [9.17, 15) is 14.4 Å². The molecule has 0 bridgehead atoms. The van der Waals surface area contributed by atoms with Gasteiger partial charge in [0, 0.05) is 28.9 Å². The highest BCUT2D eigenvalue weighted by Crippen LogP contribution is 2.31. The highest BCUT2D eigenvalue weighted by molar-refractivity contribution is 6.09. The maximum atomic E-state index is 12.8. The summed E-state index contributed by atoms with van der Waals surface area (Å²) < 4.78 is 0. The van der Waals surface area contributed by atoms with Crippen molar-refractivity contribution in [2.45, 2.75) is 6.54 Å². The van der Waals surface area contributed by atoms with Crippen molar-refractivity contribution in [3.05, 3.63) is 89.0 Å². The van der Waals surface area contributed by atoms with Crippen molar-refractivity contribution < 1.29 is 14.4 Å². The van der Waals surface area contributed by atoms with Crippen LogP contribution in [0.3, 0.4) is 0 Å². The smallest absolute Gasteiger partial charge is 0.255 e. The molecule has 0 unspecified atom stereocenters. The third-order valence-electron chi connectivity index (χ3n) is 5.24. The van der Waals surface area contributed by atoms with Crippen LogP contribution in [0.4, 0.5) is 5.69 Å². The molecule has 3 aromatic rings. The van der Waals surface area contributed by atoms with Gasteiger partial charge >= 0.3 is 0 Å². The van der Waals surface area contributed by atoms with Gasteiger partial charge in [0.15, 0.2) is 0 Å². The van der Waals surface area contributed by atoms with E-state index in [0.717, 1.165) is 16.3 Å². The van der Waals surface area contributed by atoms with E-state index in [4.69, 9.17) is 11.0 Å². The lowest BCUT2D eigenvalue weighted by Gasteiger charge is -2.15. The second-order valence-electron chi connectivity index (χ2n) is 7.30. The monoisotopic (exact) mass is 410 g/mol. The Labute approximate surface area is 178 Å². The summed E-state index contributed by atoms with van der Waals surface area (Å²) in [5, 5.41) is 13.5. The number of nitrogens with one attached hydrogen (secondary N) is 1. The van der Waals surface area contributed by atoms with Gasteiger partial charge in [-0.15, -0.1) is 0 Å². The molecular weight excluding hydrogens is 392 g/mol. The van der Waals surface area contributed by atoms with Gasteiger partial charge in [-0.05, 0) is 52.7 Å². The van der Waals surface area contributed by atoms with Gasteiger partial charge in [-0.25, -0.2) is 0 Å². The molecule has 1 aliphatic rings. The average Bonchev–Trinajstić information content (AvgIpc) is 3.09. The largest absolute Gasteiger partial charge is 0.366 e. The number of nitrogens with zero attached hydrogens (tertiary/aromatic N) is 2. The Balaban J connectivity index is 1.65. The molecule has 1 aliphatic heterocycles. The molecule has 0 aromatic heterocycles. The molecule has 31 heavy (non-hydrogen) atoms. The number of rotatable bonds is 5. The van der Waals surface area contributed by atoms with Crippen molar-refractivity contribution >= 4 is 34.2 Å². The van der Waals surface area contributed by atoms with E-state index in [2.05, 4.69) is 11.9 Å². The van der Waals surface area contributed by atoms with E-state index in [1.807, 2.05) is 18.2 Å². The third kappa shape index (κ3) is 3.74. The van der Waals surface area contributed by atoms with Gasteiger partial charge in [-0.2, -0.15) is 5.26 Å². The lowest BCUT2D eigenvalue weighted by Crippen LogP contribution is -2.30. The second-order valence-corrected chi connectivity index (χ2v) is 7.30. The van der Waals surface area contributed by atoms with E-state index < -0.39 is 5.91 Å². The molecule has 7 heteroatoms. The first-order valence-electron chi connectivity index (χ1n) is 9.51. The highest BCUT2D eigenvalue weighted by atomic mass is 16.2. The Morgan fingerprint density at radius 3 is 2.68 bits per heavy atom. The molecule has 4 rings (SSSR count). The predicted molar refractivity (Wildman–Crippen MR) is 116 cm³/mol. The Kier molecular flexibility index (Phi) is 4.97. The summed E-state index contributed by atoms with van der Waals surface area (Å²) >= 11 is 0. The summed E-state index contributed by atoms with van der Waals surface area (Å²) in [7, 11) is 0. The lowest BCUT2D eigenvalue weighted by atomic mass is 9.98. The Hall–Kier alpha value is -4.44. The van der Waals surface area contributed by atoms with E-state index in [0.29, 0.717) is 28.9 Å². The normalized spacial score (nSPS) is 12.4. The Morgan fingerprint density at radius 2 is 1.94 bits per heavy atom. The van der Waals surface area contributed by atoms with Crippen molar-refractivity contribution in [2.24, 2.45) is 5.73 Å². The fourth-order valence-electron chi connectivity index (χ4n) is 3.63. The molecule has 0 saturated carbocycles. The van der Waals surface area contributed by atoms with Crippen molar-refractivity contribution in [3.8, 4) is 6.07 Å². The molecule has 7 nitrogen and oxygen atoms in total. The molecule has 3 amide bonds. The molecule has 0 atom stereocenters. The van der Waals surface area contributed by atoms with Crippen LogP contribution in [0.1, 0.15) is 31.8 Å². The molecule has 3 N–H and O–H groups in total. The zero-order chi connectivity index (χ0) is 22.1. The third-order valence-corrected chi connectivity index (χ3v) is 5.24.